The molecule has 1 aliphatic carbocycles. The maximum atomic E-state index is 13.4. The molecule has 2 atom stereocenters. The predicted octanol–water partition coefficient (Wildman–Crippen LogP) is 3.36. The molecule has 3 rings (SSSR count). The van der Waals surface area contributed by atoms with E-state index in [0.717, 1.165) is 5.56 Å². The molecule has 184 valence electrons. The number of carbonyl (C=O) groups excluding carboxylic acids is 2. The fourth-order valence-electron chi connectivity index (χ4n) is 5.00. The summed E-state index contributed by atoms with van der Waals surface area (Å²) in [5, 5.41) is 0. The first-order valence-electron chi connectivity index (χ1n) is 11.2. The second-order valence-electron chi connectivity index (χ2n) is 9.45. The van der Waals surface area contributed by atoms with Crippen LogP contribution in [0.25, 0.3) is 0 Å². The van der Waals surface area contributed by atoms with Gasteiger partial charge in [-0.05, 0) is 0 Å². The van der Waals surface area contributed by atoms with Gasteiger partial charge in [0, 0.05) is 0 Å². The molecule has 0 aliphatic heterocycles. The Bertz CT molecular complexity index is 1110. The minimum atomic E-state index is -3.64. The summed E-state index contributed by atoms with van der Waals surface area (Å²) in [5.41, 5.74) is -0.536. The van der Waals surface area contributed by atoms with Crippen molar-refractivity contribution in [2.75, 3.05) is 20.0 Å². The summed E-state index contributed by atoms with van der Waals surface area (Å²) in [6, 6.07) is 16.8. The summed E-state index contributed by atoms with van der Waals surface area (Å²) < 4.78 is 37.7. The van der Waals surface area contributed by atoms with E-state index in [2.05, 4.69) is 26.0 Å². The summed E-state index contributed by atoms with van der Waals surface area (Å²) in [5.74, 6) is -2.09. The molecule has 6 nitrogen and oxygen atoms in total. The van der Waals surface area contributed by atoms with Crippen LogP contribution in [0.1, 0.15) is 32.3 Å². The summed E-state index contributed by atoms with van der Waals surface area (Å²) in [6.45, 7) is 6.10. The summed E-state index contributed by atoms with van der Waals surface area (Å²) >= 11 is -0.0207. The van der Waals surface area contributed by atoms with Crippen LogP contribution in [0.4, 0.5) is 0 Å². The number of sulfone groups is 1. The van der Waals surface area contributed by atoms with Crippen molar-refractivity contribution in [3.05, 3.63) is 60.2 Å². The van der Waals surface area contributed by atoms with Gasteiger partial charge in [0.15, 0.2) is 0 Å². The monoisotopic (exact) mass is 552 g/mol. The van der Waals surface area contributed by atoms with Crippen LogP contribution in [0.5, 0.6) is 0 Å². The van der Waals surface area contributed by atoms with E-state index in [0.29, 0.717) is 0 Å². The topological polar surface area (TPSA) is 86.7 Å². The Hall–Kier alpha value is -2.15. The Morgan fingerprint density at radius 1 is 0.971 bits per heavy atom. The molecule has 0 saturated heterocycles. The van der Waals surface area contributed by atoms with E-state index in [1.54, 1.807) is 24.3 Å². The first-order valence-corrected chi connectivity index (χ1v) is 14.5. The van der Waals surface area contributed by atoms with Crippen molar-refractivity contribution in [2.45, 2.75) is 42.8 Å². The standard InChI is InChI=1S/C26H32O6SSe/c1-18-11-13-20(14-12-18)33(29,30)17-19-15-26(23(27)31-4,24(28)32-5)16-22(19)25(2,3)34-21-9-7-6-8-10-21/h6-14,19,22H,15-17H2,1-5H3/t19-,22-/m1/s1. The first kappa shape index (κ1) is 26.5. The fourth-order valence-corrected chi connectivity index (χ4v) is 9.45. The molecule has 0 spiro atoms. The number of esters is 2. The minimum absolute atomic E-state index is 0.0207. The number of aryl methyl sites for hydroxylation is 1. The summed E-state index contributed by atoms with van der Waals surface area (Å²) in [6.07, 6.45) is 0.276. The summed E-state index contributed by atoms with van der Waals surface area (Å²) in [4.78, 5) is 26.1. The predicted molar refractivity (Wildman–Crippen MR) is 132 cm³/mol. The third-order valence-electron chi connectivity index (χ3n) is 6.73. The number of carbonyl (C=O) groups is 2. The van der Waals surface area contributed by atoms with E-state index in [-0.39, 0.29) is 48.7 Å². The Kier molecular flexibility index (Phi) is 7.96. The zero-order valence-electron chi connectivity index (χ0n) is 20.2. The van der Waals surface area contributed by atoms with Crippen molar-refractivity contribution in [3.63, 3.8) is 0 Å². The van der Waals surface area contributed by atoms with Crippen LogP contribution in [-0.2, 0) is 28.9 Å². The van der Waals surface area contributed by atoms with Gasteiger partial charge in [0.2, 0.25) is 0 Å². The van der Waals surface area contributed by atoms with Crippen molar-refractivity contribution in [1.82, 2.24) is 0 Å². The number of methoxy groups -OCH3 is 2. The fraction of sp³-hybridized carbons (Fsp3) is 0.462. The van der Waals surface area contributed by atoms with Crippen molar-refractivity contribution >= 4 is 41.2 Å². The van der Waals surface area contributed by atoms with Gasteiger partial charge >= 0.3 is 209 Å². The molecule has 0 unspecified atom stereocenters. The number of ether oxygens (including phenoxy) is 2. The first-order chi connectivity index (χ1) is 15.9. The number of benzene rings is 2. The number of hydrogen-bond donors (Lipinski definition) is 0. The van der Waals surface area contributed by atoms with Gasteiger partial charge in [0.1, 0.15) is 0 Å². The van der Waals surface area contributed by atoms with Gasteiger partial charge in [-0.25, -0.2) is 0 Å². The third-order valence-corrected chi connectivity index (χ3v) is 11.4. The van der Waals surface area contributed by atoms with Crippen LogP contribution in [0.3, 0.4) is 0 Å². The zero-order valence-corrected chi connectivity index (χ0v) is 22.8. The van der Waals surface area contributed by atoms with Gasteiger partial charge in [0.25, 0.3) is 0 Å². The van der Waals surface area contributed by atoms with E-state index in [1.165, 1.54) is 18.7 Å². The molecule has 0 radical (unpaired) electrons. The molecular weight excluding hydrogens is 519 g/mol. The summed E-state index contributed by atoms with van der Waals surface area (Å²) in [7, 11) is -1.14. The van der Waals surface area contributed by atoms with Crippen LogP contribution < -0.4 is 4.46 Å². The van der Waals surface area contributed by atoms with Crippen LogP contribution in [0, 0.1) is 24.2 Å². The number of hydrogen-bond acceptors (Lipinski definition) is 6. The van der Waals surface area contributed by atoms with Crippen LogP contribution in [-0.4, -0.2) is 55.3 Å². The van der Waals surface area contributed by atoms with E-state index in [4.69, 9.17) is 9.47 Å². The molecule has 2 aromatic carbocycles. The van der Waals surface area contributed by atoms with Gasteiger partial charge in [-0.15, -0.1) is 0 Å². The number of rotatable bonds is 8. The van der Waals surface area contributed by atoms with E-state index in [9.17, 15) is 18.0 Å². The molecule has 0 bridgehead atoms. The van der Waals surface area contributed by atoms with Crippen LogP contribution in [0.2, 0.25) is 4.31 Å². The molecule has 1 aliphatic rings. The quantitative estimate of drug-likeness (QED) is 0.284. The van der Waals surface area contributed by atoms with E-state index < -0.39 is 33.1 Å². The Balaban J connectivity index is 2.02. The Morgan fingerprint density at radius 3 is 2.06 bits per heavy atom. The van der Waals surface area contributed by atoms with Crippen LogP contribution in [0.15, 0.2) is 59.5 Å². The second-order valence-corrected chi connectivity index (χ2v) is 15.1. The third kappa shape index (κ3) is 5.40. The van der Waals surface area contributed by atoms with Crippen molar-refractivity contribution in [2.24, 2.45) is 17.3 Å². The van der Waals surface area contributed by atoms with Gasteiger partial charge < -0.3 is 0 Å². The van der Waals surface area contributed by atoms with Crippen LogP contribution >= 0.6 is 0 Å². The average molecular weight is 552 g/mol. The molecule has 8 heteroatoms. The maximum absolute atomic E-state index is 13.4. The van der Waals surface area contributed by atoms with Gasteiger partial charge in [-0.3, -0.25) is 0 Å². The van der Waals surface area contributed by atoms with Crippen molar-refractivity contribution in [1.29, 1.82) is 0 Å². The molecule has 2 aromatic rings. The van der Waals surface area contributed by atoms with E-state index in [1.807, 2.05) is 25.1 Å². The molecule has 34 heavy (non-hydrogen) atoms. The molecule has 0 aromatic heterocycles. The molecule has 1 fully saturated rings. The Labute approximate surface area is 208 Å². The van der Waals surface area contributed by atoms with Gasteiger partial charge in [-0.1, -0.05) is 0 Å². The van der Waals surface area contributed by atoms with Gasteiger partial charge in [0.05, 0.1) is 0 Å². The molecule has 0 amide bonds. The Morgan fingerprint density at radius 2 is 1.53 bits per heavy atom. The van der Waals surface area contributed by atoms with Gasteiger partial charge in [-0.2, -0.15) is 0 Å². The molecular formula is C26H32O6SSe. The molecule has 1 saturated carbocycles. The van der Waals surface area contributed by atoms with E-state index >= 15 is 0 Å². The average Bonchev–Trinajstić information content (AvgIpc) is 3.19. The SMILES string of the molecule is COC(=O)C1(C(=O)OC)C[C@H](CS(=O)(=O)c2ccc(C)cc2)[C@H](C(C)(C)[Se]c2ccccc2)C1. The molecule has 0 heterocycles. The second kappa shape index (κ2) is 10.2. The normalized spacial score (nSPS) is 20.0. The van der Waals surface area contributed by atoms with Crippen molar-refractivity contribution in [3.8, 4) is 0 Å². The molecule has 0 N–H and O–H groups in total. The van der Waals surface area contributed by atoms with Crippen molar-refractivity contribution < 1.29 is 27.5 Å². The zero-order chi connectivity index (χ0) is 25.1.